The molecule has 0 aliphatic rings. The lowest BCUT2D eigenvalue weighted by atomic mass is 10.3. The molecule has 0 fully saturated rings. The Morgan fingerprint density at radius 3 is 3.00 bits per heavy atom. The Kier molecular flexibility index (Phi) is 2.53. The van der Waals surface area contributed by atoms with Gasteiger partial charge in [-0.3, -0.25) is 0 Å². The average Bonchev–Trinajstić information content (AvgIpc) is 2.55. The van der Waals surface area contributed by atoms with Crippen LogP contribution in [0.4, 0.5) is 0 Å². The van der Waals surface area contributed by atoms with Gasteiger partial charge in [-0.1, -0.05) is 0 Å². The molecular weight excluding hydrogens is 160 g/mol. The van der Waals surface area contributed by atoms with E-state index in [9.17, 15) is 4.79 Å². The topological polar surface area (TPSA) is 59.7 Å². The van der Waals surface area contributed by atoms with Crippen LogP contribution in [0.3, 0.4) is 0 Å². The van der Waals surface area contributed by atoms with Crippen molar-refractivity contribution in [1.82, 2.24) is 0 Å². The molecule has 0 aliphatic heterocycles. The van der Waals surface area contributed by atoms with Crippen LogP contribution in [0, 0.1) is 0 Å². The molecule has 0 unspecified atom stereocenters. The monoisotopic (exact) mass is 168 g/mol. The summed E-state index contributed by atoms with van der Waals surface area (Å²) in [5.41, 5.74) is 0.609. The summed E-state index contributed by atoms with van der Waals surface area (Å²) in [6.45, 7) is 0. The molecule has 4 nitrogen and oxygen atoms in total. The Morgan fingerprint density at radius 2 is 2.50 bits per heavy atom. The predicted octanol–water partition coefficient (Wildman–Crippen LogP) is 1.35. The number of carbonyl (C=O) groups is 1. The molecule has 0 aromatic carbocycles. The second-order valence-electron chi connectivity index (χ2n) is 2.08. The summed E-state index contributed by atoms with van der Waals surface area (Å²) in [6, 6.07) is 1.61. The van der Waals surface area contributed by atoms with E-state index in [0.717, 1.165) is 0 Å². The van der Waals surface area contributed by atoms with Gasteiger partial charge in [0.1, 0.15) is 0 Å². The minimum atomic E-state index is -0.767. The molecule has 1 aromatic rings. The maximum Gasteiger partial charge on any atom is 0.373 e. The van der Waals surface area contributed by atoms with Crippen molar-refractivity contribution < 1.29 is 19.1 Å². The van der Waals surface area contributed by atoms with Gasteiger partial charge in [0.15, 0.2) is 0 Å². The van der Waals surface area contributed by atoms with Crippen molar-refractivity contribution in [3.63, 3.8) is 0 Å². The third-order valence-corrected chi connectivity index (χ3v) is 1.24. The minimum Gasteiger partial charge on any atom is -0.502 e. The van der Waals surface area contributed by atoms with E-state index < -0.39 is 11.7 Å². The van der Waals surface area contributed by atoms with Gasteiger partial charge in [-0.05, 0) is 12.1 Å². The molecule has 4 heteroatoms. The molecule has 1 heterocycles. The molecule has 1 aromatic heterocycles. The third kappa shape index (κ3) is 1.88. The van der Waals surface area contributed by atoms with Crippen LogP contribution in [0.2, 0.25) is 0 Å². The number of esters is 1. The zero-order valence-electron chi connectivity index (χ0n) is 6.48. The largest absolute Gasteiger partial charge is 0.502 e. The number of hydrogen-bond acceptors (Lipinski definition) is 4. The number of aliphatic hydroxyl groups is 1. The van der Waals surface area contributed by atoms with Gasteiger partial charge in [0, 0.05) is 5.56 Å². The Hall–Kier alpha value is -1.71. The zero-order valence-corrected chi connectivity index (χ0v) is 6.48. The molecule has 1 rings (SSSR count). The number of furan rings is 1. The second-order valence-corrected chi connectivity index (χ2v) is 2.08. The lowest BCUT2D eigenvalue weighted by Crippen LogP contribution is -2.03. The first-order chi connectivity index (χ1) is 5.74. The second kappa shape index (κ2) is 3.61. The standard InChI is InChI=1S/C8H8O4/c1-11-8(10)7(9)4-6-2-3-12-5-6/h2-5,9H,1H3/b7-4-. The first kappa shape index (κ1) is 8.39. The third-order valence-electron chi connectivity index (χ3n) is 1.24. The van der Waals surface area contributed by atoms with E-state index >= 15 is 0 Å². The number of methoxy groups -OCH3 is 1. The normalized spacial score (nSPS) is 11.2. The fraction of sp³-hybridized carbons (Fsp3) is 0.125. The van der Waals surface area contributed by atoms with Crippen molar-refractivity contribution in [2.24, 2.45) is 0 Å². The average molecular weight is 168 g/mol. The molecule has 0 aliphatic carbocycles. The quantitative estimate of drug-likeness (QED) is 0.411. The van der Waals surface area contributed by atoms with E-state index in [1.165, 1.54) is 25.7 Å². The summed E-state index contributed by atoms with van der Waals surface area (Å²) in [5.74, 6) is -1.21. The van der Waals surface area contributed by atoms with E-state index in [2.05, 4.69) is 4.74 Å². The zero-order chi connectivity index (χ0) is 8.97. The van der Waals surface area contributed by atoms with Crippen molar-refractivity contribution >= 4 is 12.0 Å². The van der Waals surface area contributed by atoms with Gasteiger partial charge in [0.2, 0.25) is 5.76 Å². The van der Waals surface area contributed by atoms with Crippen LogP contribution in [-0.2, 0) is 9.53 Å². The molecule has 0 saturated carbocycles. The van der Waals surface area contributed by atoms with Crippen molar-refractivity contribution in [3.8, 4) is 0 Å². The van der Waals surface area contributed by atoms with E-state index in [0.29, 0.717) is 5.56 Å². The summed E-state index contributed by atoms with van der Waals surface area (Å²) < 4.78 is 8.99. The smallest absolute Gasteiger partial charge is 0.373 e. The number of rotatable bonds is 2. The van der Waals surface area contributed by atoms with Gasteiger partial charge in [0.05, 0.1) is 19.6 Å². The maximum atomic E-state index is 10.7. The van der Waals surface area contributed by atoms with Crippen LogP contribution >= 0.6 is 0 Å². The Bertz CT molecular complexity index is 284. The highest BCUT2D eigenvalue weighted by Gasteiger charge is 2.06. The number of ether oxygens (including phenoxy) is 1. The number of hydrogen-bond donors (Lipinski definition) is 1. The summed E-state index contributed by atoms with van der Waals surface area (Å²) in [4.78, 5) is 10.7. The Balaban J connectivity index is 2.76. The van der Waals surface area contributed by atoms with Crippen molar-refractivity contribution in [3.05, 3.63) is 29.9 Å². The Morgan fingerprint density at radius 1 is 1.75 bits per heavy atom. The summed E-state index contributed by atoms with van der Waals surface area (Å²) in [7, 11) is 1.20. The van der Waals surface area contributed by atoms with Crippen molar-refractivity contribution in [2.45, 2.75) is 0 Å². The molecule has 0 saturated heterocycles. The molecule has 0 radical (unpaired) electrons. The summed E-state index contributed by atoms with van der Waals surface area (Å²) in [6.07, 6.45) is 4.10. The van der Waals surface area contributed by atoms with E-state index in [-0.39, 0.29) is 0 Å². The van der Waals surface area contributed by atoms with Crippen LogP contribution in [0.15, 0.2) is 28.8 Å². The van der Waals surface area contributed by atoms with Crippen LogP contribution in [0.25, 0.3) is 6.08 Å². The molecular formula is C8H8O4. The van der Waals surface area contributed by atoms with Crippen molar-refractivity contribution in [2.75, 3.05) is 7.11 Å². The molecule has 0 bridgehead atoms. The van der Waals surface area contributed by atoms with Gasteiger partial charge in [-0.25, -0.2) is 4.79 Å². The Labute approximate surface area is 69.1 Å². The fourth-order valence-corrected chi connectivity index (χ4v) is 0.678. The lowest BCUT2D eigenvalue weighted by molar-refractivity contribution is -0.138. The lowest BCUT2D eigenvalue weighted by Gasteiger charge is -1.94. The van der Waals surface area contributed by atoms with Gasteiger partial charge in [-0.15, -0.1) is 0 Å². The fourth-order valence-electron chi connectivity index (χ4n) is 0.678. The van der Waals surface area contributed by atoms with Crippen LogP contribution in [0.1, 0.15) is 5.56 Å². The van der Waals surface area contributed by atoms with E-state index in [1.807, 2.05) is 0 Å². The molecule has 1 N–H and O–H groups in total. The van der Waals surface area contributed by atoms with Gasteiger partial charge in [-0.2, -0.15) is 0 Å². The highest BCUT2D eigenvalue weighted by molar-refractivity contribution is 5.90. The minimum absolute atomic E-state index is 0.445. The van der Waals surface area contributed by atoms with Crippen LogP contribution in [-0.4, -0.2) is 18.2 Å². The highest BCUT2D eigenvalue weighted by Crippen LogP contribution is 2.05. The highest BCUT2D eigenvalue weighted by atomic mass is 16.5. The number of aliphatic hydroxyl groups excluding tert-OH is 1. The first-order valence-electron chi connectivity index (χ1n) is 3.25. The summed E-state index contributed by atoms with van der Waals surface area (Å²) in [5, 5.41) is 9.03. The van der Waals surface area contributed by atoms with E-state index in [4.69, 9.17) is 9.52 Å². The van der Waals surface area contributed by atoms with Gasteiger partial charge >= 0.3 is 5.97 Å². The summed E-state index contributed by atoms with van der Waals surface area (Å²) >= 11 is 0. The van der Waals surface area contributed by atoms with Gasteiger partial charge < -0.3 is 14.3 Å². The molecule has 0 atom stereocenters. The van der Waals surface area contributed by atoms with Crippen molar-refractivity contribution in [1.29, 1.82) is 0 Å². The maximum absolute atomic E-state index is 10.7. The molecule has 64 valence electrons. The first-order valence-corrected chi connectivity index (χ1v) is 3.25. The molecule has 0 amide bonds. The molecule has 0 spiro atoms. The van der Waals surface area contributed by atoms with Gasteiger partial charge in [0.25, 0.3) is 0 Å². The van der Waals surface area contributed by atoms with Crippen LogP contribution in [0.5, 0.6) is 0 Å². The predicted molar refractivity (Wildman–Crippen MR) is 41.3 cm³/mol. The van der Waals surface area contributed by atoms with E-state index in [1.54, 1.807) is 6.07 Å². The van der Waals surface area contributed by atoms with Crippen LogP contribution < -0.4 is 0 Å². The number of carbonyl (C=O) groups excluding carboxylic acids is 1. The molecule has 12 heavy (non-hydrogen) atoms. The SMILES string of the molecule is COC(=O)/C(O)=C/c1ccoc1.